The number of thiazole rings is 4. The number of methoxy groups -OCH3 is 1. The minimum absolute atomic E-state index is 0.106. The smallest absolute Gasteiger partial charge is 0.358 e. The van der Waals surface area contributed by atoms with Crippen molar-refractivity contribution in [3.8, 4) is 21.3 Å². The van der Waals surface area contributed by atoms with Crippen LogP contribution in [0.1, 0.15) is 122 Å². The molecule has 0 aliphatic rings. The Morgan fingerprint density at radius 3 is 2.17 bits per heavy atom. The number of pyridine rings is 1. The number of nitrogens with zero attached hydrogens (tertiary/aromatic N) is 5. The Hall–Kier alpha value is -4.54. The van der Waals surface area contributed by atoms with Gasteiger partial charge in [0.05, 0.1) is 36.6 Å². The number of carbonyl (C=O) groups excluding carboxylic acids is 5. The van der Waals surface area contributed by atoms with E-state index in [1.807, 2.05) is 13.8 Å². The van der Waals surface area contributed by atoms with Gasteiger partial charge in [-0.3, -0.25) is 14.4 Å². The molecule has 5 aromatic heterocycles. The highest BCUT2D eigenvalue weighted by atomic mass is 79.9. The minimum atomic E-state index is -0.891. The molecular formula is C38H43BrN8O8S4. The zero-order valence-electron chi connectivity index (χ0n) is 33.7. The second-order valence-corrected chi connectivity index (χ2v) is 19.0. The molecule has 3 amide bonds. The third-order valence-electron chi connectivity index (χ3n) is 8.12. The Labute approximate surface area is 365 Å². The fraction of sp³-hybridized carbons (Fsp3) is 0.421. The average molecular weight is 948 g/mol. The molecule has 0 aromatic carbocycles. The number of aryl methyl sites for hydroxylation is 1. The van der Waals surface area contributed by atoms with Crippen molar-refractivity contribution >= 4 is 90.9 Å². The summed E-state index contributed by atoms with van der Waals surface area (Å²) < 4.78 is 16.3. The van der Waals surface area contributed by atoms with Gasteiger partial charge in [-0.05, 0) is 68.6 Å². The molecule has 5 heterocycles. The molecule has 0 aliphatic carbocycles. The van der Waals surface area contributed by atoms with E-state index in [1.54, 1.807) is 57.5 Å². The van der Waals surface area contributed by atoms with E-state index in [-0.39, 0.29) is 54.2 Å². The van der Waals surface area contributed by atoms with Gasteiger partial charge >= 0.3 is 11.9 Å². The Morgan fingerprint density at radius 2 is 1.53 bits per heavy atom. The fourth-order valence-corrected chi connectivity index (χ4v) is 9.79. The number of carbonyl (C=O) groups is 5. The molecule has 0 saturated carbocycles. The van der Waals surface area contributed by atoms with Crippen molar-refractivity contribution in [2.75, 3.05) is 20.8 Å². The Balaban J connectivity index is 1.33. The highest BCUT2D eigenvalue weighted by Gasteiger charge is 2.31. The van der Waals surface area contributed by atoms with Crippen LogP contribution < -0.4 is 16.0 Å². The highest BCUT2D eigenvalue weighted by molar-refractivity contribution is 9.10. The van der Waals surface area contributed by atoms with Crippen LogP contribution in [0.4, 0.5) is 0 Å². The molecule has 0 bridgehead atoms. The highest BCUT2D eigenvalue weighted by Crippen LogP contribution is 2.34. The predicted molar refractivity (Wildman–Crippen MR) is 229 cm³/mol. The van der Waals surface area contributed by atoms with E-state index in [9.17, 15) is 24.0 Å². The van der Waals surface area contributed by atoms with Crippen LogP contribution in [0.3, 0.4) is 0 Å². The topological polar surface area (TPSA) is 214 Å². The number of halogens is 1. The summed E-state index contributed by atoms with van der Waals surface area (Å²) in [6.45, 7) is 13.0. The number of ether oxygens (including phenoxy) is 3. The van der Waals surface area contributed by atoms with E-state index in [0.717, 1.165) is 0 Å². The number of rotatable bonds is 16. The van der Waals surface area contributed by atoms with Crippen LogP contribution in [0.2, 0.25) is 0 Å². The Kier molecular flexibility index (Phi) is 15.2. The van der Waals surface area contributed by atoms with Crippen LogP contribution in [0.25, 0.3) is 21.3 Å². The molecule has 0 spiro atoms. The maximum absolute atomic E-state index is 13.8. The van der Waals surface area contributed by atoms with Gasteiger partial charge in [-0.1, -0.05) is 13.8 Å². The summed E-state index contributed by atoms with van der Waals surface area (Å²) >= 11 is 8.44. The minimum Gasteiger partial charge on any atom is -0.461 e. The first-order valence-corrected chi connectivity index (χ1v) is 22.4. The van der Waals surface area contributed by atoms with Crippen LogP contribution in [0.5, 0.6) is 0 Å². The van der Waals surface area contributed by atoms with Crippen LogP contribution in [0.15, 0.2) is 27.5 Å². The monoisotopic (exact) mass is 946 g/mol. The van der Waals surface area contributed by atoms with Gasteiger partial charge in [0.1, 0.15) is 47.3 Å². The van der Waals surface area contributed by atoms with Crippen LogP contribution in [0, 0.1) is 12.8 Å². The first kappa shape index (κ1) is 45.5. The first-order valence-electron chi connectivity index (χ1n) is 18.2. The van der Waals surface area contributed by atoms with E-state index in [4.69, 9.17) is 14.2 Å². The van der Waals surface area contributed by atoms with Gasteiger partial charge in [-0.2, -0.15) is 0 Å². The van der Waals surface area contributed by atoms with Crippen molar-refractivity contribution in [1.82, 2.24) is 40.9 Å². The maximum atomic E-state index is 13.8. The zero-order chi connectivity index (χ0) is 43.2. The van der Waals surface area contributed by atoms with Crippen molar-refractivity contribution in [3.63, 3.8) is 0 Å². The maximum Gasteiger partial charge on any atom is 0.358 e. The van der Waals surface area contributed by atoms with E-state index in [0.29, 0.717) is 45.6 Å². The first-order chi connectivity index (χ1) is 27.9. The molecule has 3 N–H and O–H groups in total. The second kappa shape index (κ2) is 19.7. The molecule has 0 unspecified atom stereocenters. The van der Waals surface area contributed by atoms with Crippen molar-refractivity contribution in [3.05, 3.63) is 70.0 Å². The van der Waals surface area contributed by atoms with Crippen molar-refractivity contribution in [1.29, 1.82) is 0 Å². The van der Waals surface area contributed by atoms with E-state index in [2.05, 4.69) is 56.8 Å². The third-order valence-corrected chi connectivity index (χ3v) is 12.7. The van der Waals surface area contributed by atoms with Gasteiger partial charge in [0.2, 0.25) is 5.91 Å². The van der Waals surface area contributed by atoms with E-state index in [1.165, 1.54) is 59.5 Å². The molecule has 59 heavy (non-hydrogen) atoms. The van der Waals surface area contributed by atoms with Crippen LogP contribution in [-0.4, -0.2) is 80.9 Å². The largest absolute Gasteiger partial charge is 0.461 e. The summed E-state index contributed by atoms with van der Waals surface area (Å²) in [6, 6.07) is 2.07. The molecule has 5 rings (SSSR count). The third kappa shape index (κ3) is 11.4. The normalized spacial score (nSPS) is 12.5. The van der Waals surface area contributed by atoms with Gasteiger partial charge in [0.25, 0.3) is 11.8 Å². The number of amides is 3. The van der Waals surface area contributed by atoms with Crippen LogP contribution >= 0.6 is 61.3 Å². The molecule has 0 saturated heterocycles. The van der Waals surface area contributed by atoms with Crippen LogP contribution in [-0.2, 0) is 25.6 Å². The molecule has 21 heteroatoms. The van der Waals surface area contributed by atoms with Gasteiger partial charge in [0, 0.05) is 35.4 Å². The molecule has 0 fully saturated rings. The predicted octanol–water partition coefficient (Wildman–Crippen LogP) is 7.33. The van der Waals surface area contributed by atoms with Crippen molar-refractivity contribution in [2.45, 2.75) is 79.2 Å². The lowest BCUT2D eigenvalue weighted by Crippen LogP contribution is -2.34. The van der Waals surface area contributed by atoms with Gasteiger partial charge in [-0.15, -0.1) is 45.3 Å². The van der Waals surface area contributed by atoms with Gasteiger partial charge in [0.15, 0.2) is 11.4 Å². The Morgan fingerprint density at radius 1 is 0.847 bits per heavy atom. The number of aromatic nitrogens is 5. The summed E-state index contributed by atoms with van der Waals surface area (Å²) in [5.41, 5.74) is 1.06. The molecule has 2 atom stereocenters. The van der Waals surface area contributed by atoms with Crippen molar-refractivity contribution < 1.29 is 38.2 Å². The zero-order valence-corrected chi connectivity index (χ0v) is 38.5. The lowest BCUT2D eigenvalue weighted by atomic mass is 10.0. The molecule has 16 nitrogen and oxygen atoms in total. The second-order valence-electron chi connectivity index (χ2n) is 14.1. The van der Waals surface area contributed by atoms with Gasteiger partial charge < -0.3 is 30.2 Å². The standard InChI is InChI=1S/C38H43BrN8O8S4/c1-10-54-37(52)28-24(14-53-9)59-35(47-28)26(17(2)3)45-31(50)27-18(4)58-34(46-27)21(13-25(48)40-8)42-30(49)22-15-56-32(43-22)19-11-12-20(41-29(19)39)33-44-23(16-57-33)36(51)55-38(5,6)7/h11-12,15-17,21,26H,10,13-14H2,1-9H3,(H,40,48)(H,42,49)(H,45,50)/t21-,26-/m0/s1. The molecule has 314 valence electrons. The summed E-state index contributed by atoms with van der Waals surface area (Å²) in [7, 11) is 3.00. The summed E-state index contributed by atoms with van der Waals surface area (Å²) in [5.74, 6) is -2.60. The summed E-state index contributed by atoms with van der Waals surface area (Å²) in [4.78, 5) is 89.1. The number of esters is 2. The quantitative estimate of drug-likeness (QED) is 0.0654. The molecule has 0 radical (unpaired) electrons. The number of nitrogens with one attached hydrogen (secondary N) is 3. The molecular weight excluding hydrogens is 905 g/mol. The summed E-state index contributed by atoms with van der Waals surface area (Å²) in [5, 5.41) is 13.6. The average Bonchev–Trinajstić information content (AvgIpc) is 4.00. The lowest BCUT2D eigenvalue weighted by Gasteiger charge is -2.20. The van der Waals surface area contributed by atoms with E-state index >= 15 is 0 Å². The number of hydrogen-bond acceptors (Lipinski definition) is 17. The van der Waals surface area contributed by atoms with Gasteiger partial charge in [-0.25, -0.2) is 34.5 Å². The number of hydrogen-bond donors (Lipinski definition) is 3. The lowest BCUT2D eigenvalue weighted by molar-refractivity contribution is -0.121. The van der Waals surface area contributed by atoms with Crippen molar-refractivity contribution in [2.24, 2.45) is 5.92 Å². The fourth-order valence-electron chi connectivity index (χ4n) is 5.34. The Bertz CT molecular complexity index is 2350. The summed E-state index contributed by atoms with van der Waals surface area (Å²) in [6.07, 6.45) is -0.150. The molecule has 0 aliphatic heterocycles. The SMILES string of the molecule is CCOC(=O)c1nc([C@@H](NC(=O)c2nc([C@H](CC(=O)NC)NC(=O)c3csc(-c4ccc(-c5nc(C(=O)OC(C)(C)C)cs5)nc4Br)n3)sc2C)C(C)C)sc1COC. The molecule has 5 aromatic rings. The van der Waals surface area contributed by atoms with E-state index < -0.39 is 41.4 Å².